The van der Waals surface area contributed by atoms with Crippen LogP contribution in [-0.2, 0) is 19.1 Å². The molecule has 382 valence electrons. The summed E-state index contributed by atoms with van der Waals surface area (Å²) in [7, 11) is 0. The summed E-state index contributed by atoms with van der Waals surface area (Å²) in [6, 6.07) is 0. The Labute approximate surface area is 401 Å². The predicted octanol–water partition coefficient (Wildman–Crippen LogP) is 19.8. The first-order chi connectivity index (χ1) is 31.6. The Morgan fingerprint density at radius 1 is 0.266 bits per heavy atom. The first-order valence-electron chi connectivity index (χ1n) is 29.6. The monoisotopic (exact) mass is 905 g/mol. The van der Waals surface area contributed by atoms with Gasteiger partial charge in [0.1, 0.15) is 19.3 Å². The van der Waals surface area contributed by atoms with E-state index < -0.39 is 6.10 Å². The summed E-state index contributed by atoms with van der Waals surface area (Å²) < 4.78 is 10.5. The van der Waals surface area contributed by atoms with Crippen LogP contribution in [0.2, 0.25) is 0 Å². The number of rotatable bonds is 56. The molecule has 0 amide bonds. The maximum absolute atomic E-state index is 12.1. The Balaban J connectivity index is 3.30. The van der Waals surface area contributed by atoms with Crippen molar-refractivity contribution in [3.05, 3.63) is 0 Å². The molecule has 0 saturated carbocycles. The summed E-state index contributed by atoms with van der Waals surface area (Å²) in [6.07, 6.45) is 68.0. The Hall–Kier alpha value is -1.10. The van der Waals surface area contributed by atoms with E-state index in [0.29, 0.717) is 12.8 Å². The Morgan fingerprint density at radius 2 is 0.406 bits per heavy atom. The molecule has 0 radical (unpaired) electrons. The van der Waals surface area contributed by atoms with Crippen molar-refractivity contribution in [2.75, 3.05) is 13.2 Å². The fourth-order valence-corrected chi connectivity index (χ4v) is 9.39. The lowest BCUT2D eigenvalue weighted by molar-refractivity contribution is -0.152. The van der Waals surface area contributed by atoms with Crippen molar-refractivity contribution in [1.82, 2.24) is 0 Å². The highest BCUT2D eigenvalue weighted by atomic mass is 16.6. The number of carbonyl (C=O) groups excluding carboxylic acids is 2. The SMILES string of the molecule is CCCCCCCCCCCCCCCCCCCCCCCCCCCC(=O)OCC(O)COC(=O)CCCCCCCCCCCCCCCCCCCCCCCCCCC. The van der Waals surface area contributed by atoms with Gasteiger partial charge in [0, 0.05) is 12.8 Å². The second-order valence-electron chi connectivity index (χ2n) is 20.5. The van der Waals surface area contributed by atoms with Crippen molar-refractivity contribution < 1.29 is 24.2 Å². The summed E-state index contributed by atoms with van der Waals surface area (Å²) in [4.78, 5) is 24.2. The number of hydrogen-bond acceptors (Lipinski definition) is 5. The quantitative estimate of drug-likeness (QED) is 0.0486. The van der Waals surface area contributed by atoms with Gasteiger partial charge in [-0.25, -0.2) is 0 Å². The number of carbonyl (C=O) groups is 2. The molecule has 0 aromatic heterocycles. The van der Waals surface area contributed by atoms with Crippen LogP contribution in [-0.4, -0.2) is 36.4 Å². The molecule has 5 nitrogen and oxygen atoms in total. The Bertz CT molecular complexity index is 821. The molecular weight excluding hydrogens is 789 g/mol. The summed E-state index contributed by atoms with van der Waals surface area (Å²) in [5.41, 5.74) is 0. The molecule has 0 heterocycles. The third kappa shape index (κ3) is 55.2. The number of aliphatic hydroxyl groups excluding tert-OH is 1. The molecule has 0 aromatic carbocycles. The predicted molar refractivity (Wildman–Crippen MR) is 279 cm³/mol. The van der Waals surface area contributed by atoms with E-state index in [1.165, 1.54) is 295 Å². The minimum atomic E-state index is -0.957. The van der Waals surface area contributed by atoms with Gasteiger partial charge in [-0.2, -0.15) is 0 Å². The van der Waals surface area contributed by atoms with Gasteiger partial charge < -0.3 is 14.6 Å². The van der Waals surface area contributed by atoms with Crippen LogP contribution in [0, 0.1) is 0 Å². The standard InChI is InChI=1S/C59H116O5/c1-3-5-7-9-11-13-15-17-19-21-23-25-27-29-31-33-35-37-39-41-43-45-47-49-51-53-58(61)63-55-57(60)56-64-59(62)54-52-50-48-46-44-42-40-38-36-34-32-30-28-26-24-22-20-18-16-14-12-10-8-6-4-2/h57,60H,3-56H2,1-2H3. The van der Waals surface area contributed by atoms with Gasteiger partial charge in [0.05, 0.1) is 0 Å². The van der Waals surface area contributed by atoms with Crippen LogP contribution in [0.1, 0.15) is 348 Å². The van der Waals surface area contributed by atoms with E-state index in [0.717, 1.165) is 25.7 Å². The molecule has 0 bridgehead atoms. The number of esters is 2. The Kier molecular flexibility index (Phi) is 55.3. The summed E-state index contributed by atoms with van der Waals surface area (Å²) >= 11 is 0. The molecule has 0 aromatic rings. The molecule has 5 heteroatoms. The van der Waals surface area contributed by atoms with E-state index in [9.17, 15) is 14.7 Å². The molecule has 0 aliphatic carbocycles. The van der Waals surface area contributed by atoms with Crippen LogP contribution in [0.25, 0.3) is 0 Å². The zero-order valence-electron chi connectivity index (χ0n) is 43.8. The molecule has 0 rings (SSSR count). The number of aliphatic hydroxyl groups is 1. The van der Waals surface area contributed by atoms with Gasteiger partial charge in [-0.1, -0.05) is 322 Å². The second kappa shape index (κ2) is 56.2. The van der Waals surface area contributed by atoms with Gasteiger partial charge in [-0.05, 0) is 12.8 Å². The van der Waals surface area contributed by atoms with E-state index in [1.54, 1.807) is 0 Å². The van der Waals surface area contributed by atoms with Crippen molar-refractivity contribution >= 4 is 11.9 Å². The summed E-state index contributed by atoms with van der Waals surface area (Å²) in [5.74, 6) is -0.537. The molecule has 0 atom stereocenters. The van der Waals surface area contributed by atoms with Crippen molar-refractivity contribution in [2.24, 2.45) is 0 Å². The first kappa shape index (κ1) is 62.9. The molecule has 1 N–H and O–H groups in total. The molecule has 0 fully saturated rings. The highest BCUT2D eigenvalue weighted by Crippen LogP contribution is 2.18. The van der Waals surface area contributed by atoms with Crippen LogP contribution in [0.4, 0.5) is 0 Å². The van der Waals surface area contributed by atoms with Crippen LogP contribution in [0.15, 0.2) is 0 Å². The van der Waals surface area contributed by atoms with Gasteiger partial charge in [0.15, 0.2) is 0 Å². The molecule has 0 unspecified atom stereocenters. The molecule has 0 saturated heterocycles. The van der Waals surface area contributed by atoms with Crippen molar-refractivity contribution in [3.63, 3.8) is 0 Å². The smallest absolute Gasteiger partial charge is 0.305 e. The van der Waals surface area contributed by atoms with Crippen LogP contribution in [0.3, 0.4) is 0 Å². The van der Waals surface area contributed by atoms with Gasteiger partial charge >= 0.3 is 11.9 Å². The largest absolute Gasteiger partial charge is 0.463 e. The summed E-state index contributed by atoms with van der Waals surface area (Å²) in [5, 5.41) is 10.1. The fourth-order valence-electron chi connectivity index (χ4n) is 9.39. The van der Waals surface area contributed by atoms with E-state index in [1.807, 2.05) is 0 Å². The molecule has 0 aliphatic heterocycles. The van der Waals surface area contributed by atoms with Crippen molar-refractivity contribution in [2.45, 2.75) is 354 Å². The minimum Gasteiger partial charge on any atom is -0.463 e. The number of unbranched alkanes of at least 4 members (excludes halogenated alkanes) is 48. The average molecular weight is 906 g/mol. The first-order valence-corrected chi connectivity index (χ1v) is 29.6. The lowest BCUT2D eigenvalue weighted by Crippen LogP contribution is -2.25. The average Bonchev–Trinajstić information content (AvgIpc) is 3.30. The van der Waals surface area contributed by atoms with E-state index in [-0.39, 0.29) is 25.2 Å². The zero-order valence-corrected chi connectivity index (χ0v) is 43.8. The number of hydrogen-bond donors (Lipinski definition) is 1. The topological polar surface area (TPSA) is 72.8 Å². The van der Waals surface area contributed by atoms with Gasteiger partial charge in [0.2, 0.25) is 0 Å². The third-order valence-electron chi connectivity index (χ3n) is 13.8. The van der Waals surface area contributed by atoms with Gasteiger partial charge in [-0.15, -0.1) is 0 Å². The fraction of sp³-hybridized carbons (Fsp3) is 0.966. The maximum Gasteiger partial charge on any atom is 0.305 e. The normalized spacial score (nSPS) is 11.6. The zero-order chi connectivity index (χ0) is 46.3. The van der Waals surface area contributed by atoms with Gasteiger partial charge in [0.25, 0.3) is 0 Å². The third-order valence-corrected chi connectivity index (χ3v) is 13.8. The van der Waals surface area contributed by atoms with Crippen LogP contribution in [0.5, 0.6) is 0 Å². The van der Waals surface area contributed by atoms with Crippen LogP contribution < -0.4 is 0 Å². The highest BCUT2D eigenvalue weighted by Gasteiger charge is 2.12. The summed E-state index contributed by atoms with van der Waals surface area (Å²) in [6.45, 7) is 4.38. The van der Waals surface area contributed by atoms with E-state index >= 15 is 0 Å². The molecule has 0 spiro atoms. The Morgan fingerprint density at radius 3 is 0.562 bits per heavy atom. The highest BCUT2D eigenvalue weighted by molar-refractivity contribution is 5.69. The van der Waals surface area contributed by atoms with Crippen LogP contribution >= 0.6 is 0 Å². The van der Waals surface area contributed by atoms with Gasteiger partial charge in [-0.3, -0.25) is 9.59 Å². The lowest BCUT2D eigenvalue weighted by Gasteiger charge is -2.12. The maximum atomic E-state index is 12.1. The van der Waals surface area contributed by atoms with Crippen molar-refractivity contribution in [3.8, 4) is 0 Å². The minimum absolute atomic E-state index is 0.106. The second-order valence-corrected chi connectivity index (χ2v) is 20.5. The molecule has 64 heavy (non-hydrogen) atoms. The van der Waals surface area contributed by atoms with E-state index in [4.69, 9.17) is 9.47 Å². The van der Waals surface area contributed by atoms with Crippen molar-refractivity contribution in [1.29, 1.82) is 0 Å². The number of ether oxygens (including phenoxy) is 2. The van der Waals surface area contributed by atoms with E-state index in [2.05, 4.69) is 13.8 Å². The lowest BCUT2D eigenvalue weighted by atomic mass is 10.0. The molecule has 0 aliphatic rings. The molecular formula is C59H116O5.